The van der Waals surface area contributed by atoms with Crippen LogP contribution in [0.25, 0.3) is 0 Å². The van der Waals surface area contributed by atoms with Gasteiger partial charge in [-0.3, -0.25) is 9.69 Å². The third kappa shape index (κ3) is 5.17. The first-order valence-corrected chi connectivity index (χ1v) is 9.07. The van der Waals surface area contributed by atoms with Crippen LogP contribution in [0.1, 0.15) is 15.9 Å². The molecule has 2 heterocycles. The fraction of sp³-hybridized carbons (Fsp3) is 0.368. The Hall–Kier alpha value is -2.15. The summed E-state index contributed by atoms with van der Waals surface area (Å²) in [6.45, 7) is 6.76. The van der Waals surface area contributed by atoms with Crippen LogP contribution in [0, 0.1) is 6.92 Å². The minimum absolute atomic E-state index is 0.115. The number of hydrogen-bond donors (Lipinski definition) is 2. The van der Waals surface area contributed by atoms with Crippen LogP contribution in [-0.2, 0) is 4.74 Å². The molecule has 7 heteroatoms. The molecule has 26 heavy (non-hydrogen) atoms. The van der Waals surface area contributed by atoms with E-state index in [2.05, 4.69) is 20.5 Å². The molecule has 1 aliphatic heterocycles. The minimum atomic E-state index is -0.115. The first-order chi connectivity index (χ1) is 12.6. The van der Waals surface area contributed by atoms with Crippen LogP contribution in [-0.4, -0.2) is 55.2 Å². The van der Waals surface area contributed by atoms with Crippen LogP contribution < -0.4 is 10.6 Å². The van der Waals surface area contributed by atoms with Crippen molar-refractivity contribution in [2.24, 2.45) is 0 Å². The molecule has 6 nitrogen and oxygen atoms in total. The number of nitrogens with zero attached hydrogens (tertiary/aromatic N) is 2. The lowest BCUT2D eigenvalue weighted by molar-refractivity contribution is 0.0383. The number of hydrogen-bond acceptors (Lipinski definition) is 5. The quantitative estimate of drug-likeness (QED) is 0.813. The molecule has 1 amide bonds. The van der Waals surface area contributed by atoms with Gasteiger partial charge >= 0.3 is 0 Å². The number of nitrogens with one attached hydrogen (secondary N) is 2. The SMILES string of the molecule is Cc1ccc(Nc2ccc(C(=O)NCCN3CCOCC3)cn2)cc1Cl. The summed E-state index contributed by atoms with van der Waals surface area (Å²) in [4.78, 5) is 18.8. The van der Waals surface area contributed by atoms with Crippen molar-refractivity contribution in [1.82, 2.24) is 15.2 Å². The number of morpholine rings is 1. The van der Waals surface area contributed by atoms with Gasteiger partial charge in [-0.05, 0) is 36.8 Å². The normalized spacial score (nSPS) is 14.8. The number of aryl methyl sites for hydroxylation is 1. The van der Waals surface area contributed by atoms with Gasteiger partial charge in [0.15, 0.2) is 0 Å². The Morgan fingerprint density at radius 2 is 2.08 bits per heavy atom. The number of pyridine rings is 1. The summed E-state index contributed by atoms with van der Waals surface area (Å²) in [5, 5.41) is 6.81. The second kappa shape index (κ2) is 8.98. The standard InChI is InChI=1S/C19H23ClN4O2/c1-14-2-4-16(12-17(14)20)23-18-5-3-15(13-22-18)19(25)21-6-7-24-8-10-26-11-9-24/h2-5,12-13H,6-11H2,1H3,(H,21,25)(H,22,23). The van der Waals surface area contributed by atoms with Gasteiger partial charge in [0.25, 0.3) is 5.91 Å². The van der Waals surface area contributed by atoms with Gasteiger partial charge in [-0.15, -0.1) is 0 Å². The summed E-state index contributed by atoms with van der Waals surface area (Å²) in [6, 6.07) is 9.28. The maximum atomic E-state index is 12.2. The highest BCUT2D eigenvalue weighted by Gasteiger charge is 2.11. The van der Waals surface area contributed by atoms with Crippen LogP contribution in [0.2, 0.25) is 5.02 Å². The molecule has 1 aromatic carbocycles. The van der Waals surface area contributed by atoms with E-state index in [1.807, 2.05) is 25.1 Å². The average Bonchev–Trinajstić information content (AvgIpc) is 2.66. The number of amides is 1. The molecule has 1 fully saturated rings. The lowest BCUT2D eigenvalue weighted by Gasteiger charge is -2.26. The molecular formula is C19H23ClN4O2. The van der Waals surface area contributed by atoms with E-state index in [4.69, 9.17) is 16.3 Å². The van der Waals surface area contributed by atoms with Crippen LogP contribution in [0.4, 0.5) is 11.5 Å². The van der Waals surface area contributed by atoms with E-state index in [0.29, 0.717) is 22.9 Å². The van der Waals surface area contributed by atoms with Gasteiger partial charge in [0.05, 0.1) is 18.8 Å². The molecular weight excluding hydrogens is 352 g/mol. The van der Waals surface area contributed by atoms with Crippen LogP contribution in [0.15, 0.2) is 36.5 Å². The van der Waals surface area contributed by atoms with E-state index >= 15 is 0 Å². The highest BCUT2D eigenvalue weighted by atomic mass is 35.5. The Morgan fingerprint density at radius 1 is 1.27 bits per heavy atom. The van der Waals surface area contributed by atoms with Gasteiger partial charge in [0.1, 0.15) is 5.82 Å². The van der Waals surface area contributed by atoms with Crippen molar-refractivity contribution < 1.29 is 9.53 Å². The Bertz CT molecular complexity index is 746. The minimum Gasteiger partial charge on any atom is -0.379 e. The zero-order chi connectivity index (χ0) is 18.4. The van der Waals surface area contributed by atoms with Gasteiger partial charge in [-0.2, -0.15) is 0 Å². The monoisotopic (exact) mass is 374 g/mol. The van der Waals surface area contributed by atoms with Crippen LogP contribution >= 0.6 is 11.6 Å². The summed E-state index contributed by atoms with van der Waals surface area (Å²) in [7, 11) is 0. The van der Waals surface area contributed by atoms with Crippen molar-refractivity contribution in [2.45, 2.75) is 6.92 Å². The highest BCUT2D eigenvalue weighted by molar-refractivity contribution is 6.31. The molecule has 3 rings (SSSR count). The first-order valence-electron chi connectivity index (χ1n) is 8.69. The predicted octanol–water partition coefficient (Wildman–Crippen LogP) is 2.85. The highest BCUT2D eigenvalue weighted by Crippen LogP contribution is 2.22. The van der Waals surface area contributed by atoms with Crippen molar-refractivity contribution in [3.63, 3.8) is 0 Å². The smallest absolute Gasteiger partial charge is 0.252 e. The zero-order valence-corrected chi connectivity index (χ0v) is 15.6. The van der Waals surface area contributed by atoms with E-state index in [9.17, 15) is 4.79 Å². The summed E-state index contributed by atoms with van der Waals surface area (Å²) in [5.74, 6) is 0.547. The van der Waals surface area contributed by atoms with E-state index in [1.165, 1.54) is 0 Å². The molecule has 0 bridgehead atoms. The summed E-state index contributed by atoms with van der Waals surface area (Å²) in [6.07, 6.45) is 1.57. The molecule has 0 radical (unpaired) electrons. The third-order valence-electron chi connectivity index (χ3n) is 4.29. The number of halogens is 1. The second-order valence-electron chi connectivity index (χ2n) is 6.23. The number of ether oxygens (including phenoxy) is 1. The Kier molecular flexibility index (Phi) is 6.44. The maximum absolute atomic E-state index is 12.2. The Labute approximate surface area is 158 Å². The molecule has 2 aromatic rings. The number of anilines is 2. The van der Waals surface area contributed by atoms with Crippen molar-refractivity contribution in [3.8, 4) is 0 Å². The van der Waals surface area contributed by atoms with E-state index in [1.54, 1.807) is 18.3 Å². The van der Waals surface area contributed by atoms with Crippen molar-refractivity contribution in [3.05, 3.63) is 52.7 Å². The molecule has 0 aliphatic carbocycles. The summed E-state index contributed by atoms with van der Waals surface area (Å²) < 4.78 is 5.31. The number of carbonyl (C=O) groups is 1. The summed E-state index contributed by atoms with van der Waals surface area (Å²) >= 11 is 6.13. The van der Waals surface area contributed by atoms with Gasteiger partial charge in [-0.1, -0.05) is 17.7 Å². The molecule has 2 N–H and O–H groups in total. The van der Waals surface area contributed by atoms with Gasteiger partial charge in [0, 0.05) is 43.1 Å². The van der Waals surface area contributed by atoms with Crippen LogP contribution in [0.3, 0.4) is 0 Å². The number of carbonyl (C=O) groups excluding carboxylic acids is 1. The number of benzene rings is 1. The lowest BCUT2D eigenvalue weighted by atomic mass is 10.2. The fourth-order valence-electron chi connectivity index (χ4n) is 2.67. The van der Waals surface area contributed by atoms with E-state index < -0.39 is 0 Å². The zero-order valence-electron chi connectivity index (χ0n) is 14.8. The molecule has 0 spiro atoms. The topological polar surface area (TPSA) is 66.5 Å². The fourth-order valence-corrected chi connectivity index (χ4v) is 2.86. The molecule has 138 valence electrons. The van der Waals surface area contributed by atoms with Crippen molar-refractivity contribution in [1.29, 1.82) is 0 Å². The van der Waals surface area contributed by atoms with E-state index in [-0.39, 0.29) is 5.91 Å². The third-order valence-corrected chi connectivity index (χ3v) is 4.69. The molecule has 1 aromatic heterocycles. The second-order valence-corrected chi connectivity index (χ2v) is 6.64. The number of rotatable bonds is 6. The molecule has 0 unspecified atom stereocenters. The van der Waals surface area contributed by atoms with Crippen molar-refractivity contribution >= 4 is 29.0 Å². The number of aromatic nitrogens is 1. The maximum Gasteiger partial charge on any atom is 0.252 e. The Balaban J connectivity index is 1.49. The average molecular weight is 375 g/mol. The van der Waals surface area contributed by atoms with E-state index in [0.717, 1.165) is 44.1 Å². The predicted molar refractivity (Wildman–Crippen MR) is 103 cm³/mol. The molecule has 0 saturated carbocycles. The lowest BCUT2D eigenvalue weighted by Crippen LogP contribution is -2.41. The molecule has 1 aliphatic rings. The summed E-state index contributed by atoms with van der Waals surface area (Å²) in [5.41, 5.74) is 2.42. The molecule has 1 saturated heterocycles. The first kappa shape index (κ1) is 18.6. The molecule has 0 atom stereocenters. The van der Waals surface area contributed by atoms with Gasteiger partial charge in [-0.25, -0.2) is 4.98 Å². The van der Waals surface area contributed by atoms with Gasteiger partial charge in [0.2, 0.25) is 0 Å². The van der Waals surface area contributed by atoms with Crippen molar-refractivity contribution in [2.75, 3.05) is 44.7 Å². The largest absolute Gasteiger partial charge is 0.379 e. The van der Waals surface area contributed by atoms with Crippen LogP contribution in [0.5, 0.6) is 0 Å². The Morgan fingerprint density at radius 3 is 2.77 bits per heavy atom. The van der Waals surface area contributed by atoms with Gasteiger partial charge < -0.3 is 15.4 Å².